The molecule has 3 N–H and O–H groups in total. The third-order valence-corrected chi connectivity index (χ3v) is 4.07. The number of carbonyl (C=O) groups is 1. The zero-order valence-electron chi connectivity index (χ0n) is 9.71. The van der Waals surface area contributed by atoms with E-state index < -0.39 is 0 Å². The average Bonchev–Trinajstić information content (AvgIpc) is 2.66. The summed E-state index contributed by atoms with van der Waals surface area (Å²) in [4.78, 5) is 12.5. The van der Waals surface area contributed by atoms with Crippen molar-refractivity contribution in [3.63, 3.8) is 0 Å². The lowest BCUT2D eigenvalue weighted by Crippen LogP contribution is -2.23. The van der Waals surface area contributed by atoms with Crippen LogP contribution in [0.15, 0.2) is 22.7 Å². The Labute approximate surface area is 117 Å². The molecule has 1 aromatic carbocycles. The van der Waals surface area contributed by atoms with E-state index in [1.165, 1.54) is 11.3 Å². The summed E-state index contributed by atoms with van der Waals surface area (Å²) in [5.41, 5.74) is 6.52. The lowest BCUT2D eigenvalue weighted by Gasteiger charge is -1.99. The van der Waals surface area contributed by atoms with Gasteiger partial charge in [0.2, 0.25) is 0 Å². The van der Waals surface area contributed by atoms with Crippen LogP contribution in [-0.4, -0.2) is 12.5 Å². The van der Waals surface area contributed by atoms with Gasteiger partial charge in [0.05, 0.1) is 12.2 Å². The molecular formula is C13H11BrN2OS. The molecule has 0 aliphatic rings. The summed E-state index contributed by atoms with van der Waals surface area (Å²) in [6, 6.07) is 5.78. The van der Waals surface area contributed by atoms with E-state index in [0.29, 0.717) is 17.1 Å². The highest BCUT2D eigenvalue weighted by Crippen LogP contribution is 2.35. The van der Waals surface area contributed by atoms with Crippen molar-refractivity contribution in [2.24, 2.45) is 0 Å². The Bertz CT molecular complexity index is 667. The van der Waals surface area contributed by atoms with E-state index >= 15 is 0 Å². The number of anilines is 1. The van der Waals surface area contributed by atoms with Crippen molar-refractivity contribution in [1.82, 2.24) is 5.32 Å². The van der Waals surface area contributed by atoms with Crippen molar-refractivity contribution < 1.29 is 4.79 Å². The number of nitrogen functional groups attached to an aromatic ring is 1. The minimum atomic E-state index is -0.174. The predicted octanol–water partition coefficient (Wildman–Crippen LogP) is 3.00. The van der Waals surface area contributed by atoms with Crippen LogP contribution >= 0.6 is 27.3 Å². The molecule has 1 heterocycles. The molecule has 0 saturated carbocycles. The number of hydrogen-bond donors (Lipinski definition) is 2. The van der Waals surface area contributed by atoms with Gasteiger partial charge in [0.25, 0.3) is 5.91 Å². The number of amides is 1. The maximum atomic E-state index is 11.9. The van der Waals surface area contributed by atoms with Crippen LogP contribution in [0.1, 0.15) is 16.6 Å². The van der Waals surface area contributed by atoms with E-state index in [2.05, 4.69) is 33.1 Å². The summed E-state index contributed by atoms with van der Waals surface area (Å²) in [5.74, 6) is 5.34. The molecule has 2 aromatic rings. The average molecular weight is 323 g/mol. The van der Waals surface area contributed by atoms with Crippen LogP contribution in [0.4, 0.5) is 5.69 Å². The number of rotatable bonds is 2. The first kappa shape index (κ1) is 12.9. The van der Waals surface area contributed by atoms with Crippen molar-refractivity contribution in [3.8, 4) is 11.8 Å². The fourth-order valence-corrected chi connectivity index (χ4v) is 3.14. The molecule has 0 saturated heterocycles. The zero-order chi connectivity index (χ0) is 13.1. The Morgan fingerprint density at radius 1 is 1.56 bits per heavy atom. The normalized spacial score (nSPS) is 9.89. The first-order chi connectivity index (χ1) is 8.63. The number of halogens is 1. The lowest BCUT2D eigenvalue weighted by molar-refractivity contribution is 0.0963. The SMILES string of the molecule is CC#CCNC(=O)c1sc2cc(Br)ccc2c1N. The number of thiophene rings is 1. The van der Waals surface area contributed by atoms with Crippen molar-refractivity contribution in [2.75, 3.05) is 12.3 Å². The van der Waals surface area contributed by atoms with Crippen molar-refractivity contribution >= 4 is 48.9 Å². The second-order valence-electron chi connectivity index (χ2n) is 3.59. The van der Waals surface area contributed by atoms with Gasteiger partial charge in [-0.1, -0.05) is 27.9 Å². The smallest absolute Gasteiger partial charge is 0.264 e. The number of carbonyl (C=O) groups excluding carboxylic acids is 1. The zero-order valence-corrected chi connectivity index (χ0v) is 12.1. The molecule has 0 fully saturated rings. The van der Waals surface area contributed by atoms with Gasteiger partial charge in [0.1, 0.15) is 4.88 Å². The third kappa shape index (κ3) is 2.50. The highest BCUT2D eigenvalue weighted by atomic mass is 79.9. The summed E-state index contributed by atoms with van der Waals surface area (Å²) in [6.07, 6.45) is 0. The van der Waals surface area contributed by atoms with E-state index in [0.717, 1.165) is 14.6 Å². The van der Waals surface area contributed by atoms with E-state index in [-0.39, 0.29) is 5.91 Å². The first-order valence-electron chi connectivity index (χ1n) is 5.29. The fourth-order valence-electron chi connectivity index (χ4n) is 1.55. The van der Waals surface area contributed by atoms with Crippen LogP contribution in [0.3, 0.4) is 0 Å². The molecule has 18 heavy (non-hydrogen) atoms. The molecule has 0 aliphatic carbocycles. The van der Waals surface area contributed by atoms with E-state index in [1.54, 1.807) is 6.92 Å². The van der Waals surface area contributed by atoms with Gasteiger partial charge in [0, 0.05) is 14.6 Å². The number of nitrogens with one attached hydrogen (secondary N) is 1. The van der Waals surface area contributed by atoms with Crippen molar-refractivity contribution in [3.05, 3.63) is 27.5 Å². The van der Waals surface area contributed by atoms with Crippen molar-refractivity contribution in [1.29, 1.82) is 0 Å². The summed E-state index contributed by atoms with van der Waals surface area (Å²) in [7, 11) is 0. The Hall–Kier alpha value is -1.51. The Kier molecular flexibility index (Phi) is 3.90. The van der Waals surface area contributed by atoms with E-state index in [1.807, 2.05) is 18.2 Å². The Morgan fingerprint density at radius 3 is 3.06 bits per heavy atom. The molecule has 0 bridgehead atoms. The fraction of sp³-hybridized carbons (Fsp3) is 0.154. The monoisotopic (exact) mass is 322 g/mol. The number of fused-ring (bicyclic) bond motifs is 1. The molecular weight excluding hydrogens is 312 g/mol. The molecule has 1 amide bonds. The summed E-state index contributed by atoms with van der Waals surface area (Å²) in [6.45, 7) is 2.07. The maximum Gasteiger partial charge on any atom is 0.264 e. The molecule has 0 spiro atoms. The molecule has 3 nitrogen and oxygen atoms in total. The van der Waals surface area contributed by atoms with Gasteiger partial charge in [-0.2, -0.15) is 0 Å². The maximum absolute atomic E-state index is 11.9. The highest BCUT2D eigenvalue weighted by molar-refractivity contribution is 9.10. The Balaban J connectivity index is 2.35. The predicted molar refractivity (Wildman–Crippen MR) is 79.7 cm³/mol. The molecule has 0 unspecified atom stereocenters. The van der Waals surface area contributed by atoms with Gasteiger partial charge in [0.15, 0.2) is 0 Å². The minimum Gasteiger partial charge on any atom is -0.397 e. The number of hydrogen-bond acceptors (Lipinski definition) is 3. The van der Waals surface area contributed by atoms with E-state index in [4.69, 9.17) is 5.73 Å². The summed E-state index contributed by atoms with van der Waals surface area (Å²) < 4.78 is 1.97. The lowest BCUT2D eigenvalue weighted by atomic mass is 10.2. The van der Waals surface area contributed by atoms with E-state index in [9.17, 15) is 4.79 Å². The second-order valence-corrected chi connectivity index (χ2v) is 5.56. The van der Waals surface area contributed by atoms with Gasteiger partial charge in [-0.25, -0.2) is 0 Å². The van der Waals surface area contributed by atoms with Crippen molar-refractivity contribution in [2.45, 2.75) is 6.92 Å². The van der Waals surface area contributed by atoms with Gasteiger partial charge in [-0.15, -0.1) is 17.3 Å². The number of nitrogens with two attached hydrogens (primary N) is 1. The standard InChI is InChI=1S/C13H11BrN2OS/c1-2-3-6-16-13(17)12-11(15)9-5-4-8(14)7-10(9)18-12/h4-5,7H,6,15H2,1H3,(H,16,17). The largest absolute Gasteiger partial charge is 0.397 e. The summed E-state index contributed by atoms with van der Waals surface area (Å²) in [5, 5.41) is 3.63. The van der Waals surface area contributed by atoms with Crippen LogP contribution in [0.5, 0.6) is 0 Å². The first-order valence-corrected chi connectivity index (χ1v) is 6.89. The molecule has 5 heteroatoms. The minimum absolute atomic E-state index is 0.174. The molecule has 1 aromatic heterocycles. The molecule has 92 valence electrons. The van der Waals surface area contributed by atoms with Gasteiger partial charge in [-0.3, -0.25) is 4.79 Å². The van der Waals surface area contributed by atoms with Gasteiger partial charge < -0.3 is 11.1 Å². The highest BCUT2D eigenvalue weighted by Gasteiger charge is 2.15. The second kappa shape index (κ2) is 5.42. The Morgan fingerprint density at radius 2 is 2.33 bits per heavy atom. The molecule has 0 atom stereocenters. The third-order valence-electron chi connectivity index (χ3n) is 2.41. The van der Waals surface area contributed by atoms with Crippen LogP contribution in [0.25, 0.3) is 10.1 Å². The topological polar surface area (TPSA) is 55.1 Å². The molecule has 0 aliphatic heterocycles. The quantitative estimate of drug-likeness (QED) is 0.835. The van der Waals surface area contributed by atoms with Gasteiger partial charge in [-0.05, 0) is 19.1 Å². The van der Waals surface area contributed by atoms with Crippen LogP contribution < -0.4 is 11.1 Å². The van der Waals surface area contributed by atoms with Gasteiger partial charge >= 0.3 is 0 Å². The molecule has 0 radical (unpaired) electrons. The van der Waals surface area contributed by atoms with Crippen LogP contribution in [0.2, 0.25) is 0 Å². The summed E-state index contributed by atoms with van der Waals surface area (Å²) >= 11 is 4.79. The molecule has 2 rings (SSSR count). The van der Waals surface area contributed by atoms with Crippen LogP contribution in [-0.2, 0) is 0 Å². The van der Waals surface area contributed by atoms with Crippen LogP contribution in [0, 0.1) is 11.8 Å². The number of benzene rings is 1.